The van der Waals surface area contributed by atoms with Gasteiger partial charge in [-0.1, -0.05) is 49.7 Å². The fraction of sp³-hybridized carbons (Fsp3) is 0.300. The van der Waals surface area contributed by atoms with Gasteiger partial charge in [-0.15, -0.1) is 0 Å². The predicted octanol–water partition coefficient (Wildman–Crippen LogP) is 3.62. The van der Waals surface area contributed by atoms with Crippen molar-refractivity contribution in [3.8, 4) is 5.75 Å². The van der Waals surface area contributed by atoms with E-state index in [1.165, 1.54) is 5.56 Å². The first-order chi connectivity index (χ1) is 12.3. The lowest BCUT2D eigenvalue weighted by Crippen LogP contribution is -2.47. The molecule has 0 aliphatic rings. The Morgan fingerprint density at radius 3 is 2.15 bits per heavy atom. The van der Waals surface area contributed by atoms with Crippen molar-refractivity contribution < 1.29 is 14.3 Å². The normalized spacial score (nSPS) is 11.7. The number of carbonyl (C=O) groups excluding carboxylic acids is 2. The summed E-state index contributed by atoms with van der Waals surface area (Å²) >= 11 is 5.80. The molecule has 0 saturated carbocycles. The third-order valence-electron chi connectivity index (χ3n) is 3.83. The largest absolute Gasteiger partial charge is 0.481 e. The zero-order valence-corrected chi connectivity index (χ0v) is 15.8. The summed E-state index contributed by atoms with van der Waals surface area (Å²) in [4.78, 5) is 23.9. The van der Waals surface area contributed by atoms with Gasteiger partial charge in [0.25, 0.3) is 5.91 Å². The van der Waals surface area contributed by atoms with Crippen LogP contribution in [0.1, 0.15) is 37.8 Å². The quantitative estimate of drug-likeness (QED) is 0.759. The van der Waals surface area contributed by atoms with Crippen molar-refractivity contribution in [2.75, 3.05) is 0 Å². The van der Waals surface area contributed by atoms with E-state index in [1.807, 2.05) is 24.3 Å². The molecule has 1 atom stereocenters. The Hall–Kier alpha value is -2.53. The molecule has 2 amide bonds. The molecule has 0 spiro atoms. The van der Waals surface area contributed by atoms with Crippen LogP contribution >= 0.6 is 11.6 Å². The van der Waals surface area contributed by atoms with Crippen LogP contribution in [0.4, 0.5) is 0 Å². The Morgan fingerprint density at radius 2 is 1.58 bits per heavy atom. The van der Waals surface area contributed by atoms with Gasteiger partial charge in [-0.2, -0.15) is 0 Å². The van der Waals surface area contributed by atoms with E-state index in [2.05, 4.69) is 24.7 Å². The summed E-state index contributed by atoms with van der Waals surface area (Å²) in [5.74, 6) is 0.279. The Bertz CT molecular complexity index is 743. The molecule has 2 aromatic carbocycles. The molecule has 26 heavy (non-hydrogen) atoms. The van der Waals surface area contributed by atoms with Crippen molar-refractivity contribution in [2.24, 2.45) is 0 Å². The molecule has 2 N–H and O–H groups in total. The monoisotopic (exact) mass is 374 g/mol. The topological polar surface area (TPSA) is 67.4 Å². The van der Waals surface area contributed by atoms with Gasteiger partial charge in [0.05, 0.1) is 6.42 Å². The second-order valence-electron chi connectivity index (χ2n) is 6.32. The second-order valence-corrected chi connectivity index (χ2v) is 6.76. The number of carbonyl (C=O) groups is 2. The average Bonchev–Trinajstić information content (AvgIpc) is 2.62. The summed E-state index contributed by atoms with van der Waals surface area (Å²) in [6, 6.07) is 14.5. The standard InChI is InChI=1S/C20H23ClN2O3/c1-13(2)16-6-10-18(11-7-16)26-14(3)20(25)23-22-19(24)12-15-4-8-17(21)9-5-15/h4-11,13-14H,12H2,1-3H3,(H,22,24)(H,23,25)/t14-/m0/s1. The Labute approximate surface area is 158 Å². The van der Waals surface area contributed by atoms with Crippen molar-refractivity contribution >= 4 is 23.4 Å². The van der Waals surface area contributed by atoms with Gasteiger partial charge in [-0.3, -0.25) is 20.4 Å². The molecule has 0 bridgehead atoms. The maximum atomic E-state index is 12.1. The van der Waals surface area contributed by atoms with E-state index in [0.717, 1.165) is 5.56 Å². The van der Waals surface area contributed by atoms with Crippen LogP contribution < -0.4 is 15.6 Å². The molecule has 2 aromatic rings. The SMILES string of the molecule is CC(C)c1ccc(O[C@@H](C)C(=O)NNC(=O)Cc2ccc(Cl)cc2)cc1. The highest BCUT2D eigenvalue weighted by Crippen LogP contribution is 2.19. The number of hydrazine groups is 1. The van der Waals surface area contributed by atoms with Crippen molar-refractivity contribution in [3.63, 3.8) is 0 Å². The van der Waals surface area contributed by atoms with Crippen molar-refractivity contribution in [1.82, 2.24) is 10.9 Å². The van der Waals surface area contributed by atoms with Gasteiger partial charge in [0.2, 0.25) is 5.91 Å². The van der Waals surface area contributed by atoms with Gasteiger partial charge in [0.1, 0.15) is 5.75 Å². The fourth-order valence-corrected chi connectivity index (χ4v) is 2.38. The van der Waals surface area contributed by atoms with E-state index >= 15 is 0 Å². The summed E-state index contributed by atoms with van der Waals surface area (Å²) in [6.07, 6.45) is -0.598. The lowest BCUT2D eigenvalue weighted by atomic mass is 10.0. The number of nitrogens with one attached hydrogen (secondary N) is 2. The van der Waals surface area contributed by atoms with E-state index in [9.17, 15) is 9.59 Å². The number of hydrogen-bond acceptors (Lipinski definition) is 3. The average molecular weight is 375 g/mol. The minimum absolute atomic E-state index is 0.142. The third kappa shape index (κ3) is 6.08. The maximum absolute atomic E-state index is 12.1. The van der Waals surface area contributed by atoms with E-state index < -0.39 is 12.0 Å². The van der Waals surface area contributed by atoms with Gasteiger partial charge >= 0.3 is 0 Å². The highest BCUT2D eigenvalue weighted by atomic mass is 35.5. The first-order valence-electron chi connectivity index (χ1n) is 8.45. The first-order valence-corrected chi connectivity index (χ1v) is 8.82. The Morgan fingerprint density at radius 1 is 0.962 bits per heavy atom. The highest BCUT2D eigenvalue weighted by Gasteiger charge is 2.15. The Kier molecular flexibility index (Phi) is 7.04. The Balaban J connectivity index is 1.79. The molecule has 0 heterocycles. The zero-order chi connectivity index (χ0) is 19.1. The molecule has 0 radical (unpaired) electrons. The van der Waals surface area contributed by atoms with Crippen LogP contribution in [0.2, 0.25) is 5.02 Å². The van der Waals surface area contributed by atoms with Gasteiger partial charge < -0.3 is 4.74 Å². The fourth-order valence-electron chi connectivity index (χ4n) is 2.25. The van der Waals surface area contributed by atoms with Crippen LogP contribution in [-0.2, 0) is 16.0 Å². The van der Waals surface area contributed by atoms with E-state index in [-0.39, 0.29) is 12.3 Å². The van der Waals surface area contributed by atoms with Crippen LogP contribution in [-0.4, -0.2) is 17.9 Å². The summed E-state index contributed by atoms with van der Waals surface area (Å²) in [5, 5.41) is 0.606. The smallest absolute Gasteiger partial charge is 0.279 e. The van der Waals surface area contributed by atoms with Gasteiger partial charge in [-0.25, -0.2) is 0 Å². The molecule has 0 aliphatic carbocycles. The summed E-state index contributed by atoms with van der Waals surface area (Å²) in [5.41, 5.74) is 6.76. The minimum atomic E-state index is -0.740. The molecule has 0 aromatic heterocycles. The number of hydrogen-bond donors (Lipinski definition) is 2. The minimum Gasteiger partial charge on any atom is -0.481 e. The van der Waals surface area contributed by atoms with Crippen LogP contribution in [0.3, 0.4) is 0 Å². The van der Waals surface area contributed by atoms with Crippen LogP contribution in [0, 0.1) is 0 Å². The van der Waals surface area contributed by atoms with Crippen LogP contribution in [0.15, 0.2) is 48.5 Å². The molecule has 6 heteroatoms. The van der Waals surface area contributed by atoms with Gasteiger partial charge in [0, 0.05) is 5.02 Å². The molecule has 2 rings (SSSR count). The molecular formula is C20H23ClN2O3. The van der Waals surface area contributed by atoms with Crippen LogP contribution in [0.5, 0.6) is 5.75 Å². The lowest BCUT2D eigenvalue weighted by molar-refractivity contribution is -0.132. The second kappa shape index (κ2) is 9.25. The number of benzene rings is 2. The van der Waals surface area contributed by atoms with Gasteiger partial charge in [-0.05, 0) is 48.2 Å². The maximum Gasteiger partial charge on any atom is 0.279 e. The first kappa shape index (κ1) is 19.8. The van der Waals surface area contributed by atoms with Crippen molar-refractivity contribution in [3.05, 3.63) is 64.7 Å². The molecular weight excluding hydrogens is 352 g/mol. The summed E-state index contributed by atoms with van der Waals surface area (Å²) in [6.45, 7) is 5.84. The highest BCUT2D eigenvalue weighted by molar-refractivity contribution is 6.30. The van der Waals surface area contributed by atoms with Crippen molar-refractivity contribution in [2.45, 2.75) is 39.2 Å². The predicted molar refractivity (Wildman–Crippen MR) is 102 cm³/mol. The molecule has 5 nitrogen and oxygen atoms in total. The zero-order valence-electron chi connectivity index (χ0n) is 15.1. The molecule has 0 fully saturated rings. The number of rotatable bonds is 6. The van der Waals surface area contributed by atoms with E-state index in [1.54, 1.807) is 31.2 Å². The lowest BCUT2D eigenvalue weighted by Gasteiger charge is -2.16. The summed E-state index contributed by atoms with van der Waals surface area (Å²) in [7, 11) is 0. The number of ether oxygens (including phenoxy) is 1. The van der Waals surface area contributed by atoms with Gasteiger partial charge in [0.15, 0.2) is 6.10 Å². The number of halogens is 1. The van der Waals surface area contributed by atoms with E-state index in [0.29, 0.717) is 16.7 Å². The molecule has 138 valence electrons. The molecule has 0 unspecified atom stereocenters. The number of amides is 2. The van der Waals surface area contributed by atoms with Crippen molar-refractivity contribution in [1.29, 1.82) is 0 Å². The van der Waals surface area contributed by atoms with E-state index in [4.69, 9.17) is 16.3 Å². The van der Waals surface area contributed by atoms with Crippen LogP contribution in [0.25, 0.3) is 0 Å². The molecule has 0 saturated heterocycles. The third-order valence-corrected chi connectivity index (χ3v) is 4.08. The summed E-state index contributed by atoms with van der Waals surface area (Å²) < 4.78 is 5.60. The molecule has 0 aliphatic heterocycles.